The lowest BCUT2D eigenvalue weighted by molar-refractivity contribution is -0.138. The SMILES string of the molecule is Cc1c(C(=O)O)nc(N2C3CCCC2CC3)n1Cc1ccccc1C(F)(F)F. The molecule has 0 amide bonds. The Bertz CT molecular complexity index is 891. The number of halogens is 3. The zero-order chi connectivity index (χ0) is 20.1. The first-order valence-corrected chi connectivity index (χ1v) is 9.51. The molecule has 4 rings (SSSR count). The van der Waals surface area contributed by atoms with Crippen LogP contribution in [-0.4, -0.2) is 32.7 Å². The average molecular weight is 393 g/mol. The first-order valence-electron chi connectivity index (χ1n) is 9.51. The number of fused-ring (bicyclic) bond motifs is 2. The highest BCUT2D eigenvalue weighted by Crippen LogP contribution is 2.40. The van der Waals surface area contributed by atoms with Crippen molar-refractivity contribution in [3.05, 3.63) is 46.8 Å². The monoisotopic (exact) mass is 393 g/mol. The normalized spacial score (nSPS) is 21.9. The molecular formula is C20H22F3N3O2. The van der Waals surface area contributed by atoms with Crippen molar-refractivity contribution in [1.29, 1.82) is 0 Å². The van der Waals surface area contributed by atoms with E-state index in [1.165, 1.54) is 12.1 Å². The Morgan fingerprint density at radius 1 is 1.18 bits per heavy atom. The fourth-order valence-electron chi connectivity index (χ4n) is 4.66. The Balaban J connectivity index is 1.80. The van der Waals surface area contributed by atoms with E-state index in [2.05, 4.69) is 9.88 Å². The minimum absolute atomic E-state index is 0.0624. The van der Waals surface area contributed by atoms with Gasteiger partial charge in [0.25, 0.3) is 0 Å². The second-order valence-electron chi connectivity index (χ2n) is 7.62. The van der Waals surface area contributed by atoms with Crippen LogP contribution >= 0.6 is 0 Å². The molecule has 1 aromatic carbocycles. The fraction of sp³-hybridized carbons (Fsp3) is 0.500. The summed E-state index contributed by atoms with van der Waals surface area (Å²) in [6.07, 6.45) is 0.684. The molecule has 3 heterocycles. The van der Waals surface area contributed by atoms with Gasteiger partial charge in [0, 0.05) is 12.1 Å². The topological polar surface area (TPSA) is 58.4 Å². The van der Waals surface area contributed by atoms with Gasteiger partial charge in [-0.2, -0.15) is 13.2 Å². The van der Waals surface area contributed by atoms with Gasteiger partial charge >= 0.3 is 12.1 Å². The summed E-state index contributed by atoms with van der Waals surface area (Å²) >= 11 is 0. The number of carboxylic acid groups (broad SMARTS) is 1. The quantitative estimate of drug-likeness (QED) is 0.832. The minimum Gasteiger partial charge on any atom is -0.476 e. The number of benzene rings is 1. The van der Waals surface area contributed by atoms with Crippen molar-refractivity contribution in [1.82, 2.24) is 9.55 Å². The summed E-state index contributed by atoms with van der Waals surface area (Å²) in [5, 5.41) is 9.52. The Kier molecular flexibility index (Phi) is 4.59. The molecular weight excluding hydrogens is 371 g/mol. The summed E-state index contributed by atoms with van der Waals surface area (Å²) in [5.41, 5.74) is -0.306. The molecule has 1 aromatic heterocycles. The van der Waals surface area contributed by atoms with Crippen LogP contribution in [0.25, 0.3) is 0 Å². The Labute approximate surface area is 160 Å². The van der Waals surface area contributed by atoms with Crippen LogP contribution < -0.4 is 4.90 Å². The summed E-state index contributed by atoms with van der Waals surface area (Å²) in [5.74, 6) is -0.676. The zero-order valence-corrected chi connectivity index (χ0v) is 15.5. The van der Waals surface area contributed by atoms with Crippen molar-refractivity contribution in [2.24, 2.45) is 0 Å². The predicted octanol–water partition coefficient (Wildman–Crippen LogP) is 4.48. The van der Waals surface area contributed by atoms with Gasteiger partial charge in [-0.05, 0) is 50.7 Å². The predicted molar refractivity (Wildman–Crippen MR) is 97.6 cm³/mol. The van der Waals surface area contributed by atoms with Crippen LogP contribution in [0.5, 0.6) is 0 Å². The van der Waals surface area contributed by atoms with E-state index in [-0.39, 0.29) is 29.9 Å². The van der Waals surface area contributed by atoms with Crippen LogP contribution in [0.4, 0.5) is 19.1 Å². The molecule has 8 heteroatoms. The van der Waals surface area contributed by atoms with Crippen molar-refractivity contribution < 1.29 is 23.1 Å². The van der Waals surface area contributed by atoms with Crippen molar-refractivity contribution >= 4 is 11.9 Å². The van der Waals surface area contributed by atoms with Gasteiger partial charge in [-0.1, -0.05) is 18.2 Å². The molecule has 2 aromatic rings. The maximum absolute atomic E-state index is 13.4. The van der Waals surface area contributed by atoms with E-state index in [1.54, 1.807) is 17.6 Å². The molecule has 0 aliphatic carbocycles. The summed E-state index contributed by atoms with van der Waals surface area (Å²) in [7, 11) is 0. The molecule has 2 unspecified atom stereocenters. The fourth-order valence-corrected chi connectivity index (χ4v) is 4.66. The van der Waals surface area contributed by atoms with Crippen LogP contribution in [-0.2, 0) is 12.7 Å². The Hall–Kier alpha value is -2.51. The van der Waals surface area contributed by atoms with Crippen molar-refractivity contribution in [2.75, 3.05) is 4.90 Å². The Morgan fingerprint density at radius 3 is 2.43 bits per heavy atom. The lowest BCUT2D eigenvalue weighted by atomic mass is 10.0. The van der Waals surface area contributed by atoms with Gasteiger partial charge in [-0.25, -0.2) is 9.78 Å². The van der Waals surface area contributed by atoms with Gasteiger partial charge in [0.2, 0.25) is 5.95 Å². The van der Waals surface area contributed by atoms with Gasteiger partial charge < -0.3 is 14.6 Å². The number of alkyl halides is 3. The van der Waals surface area contributed by atoms with Gasteiger partial charge in [0.1, 0.15) is 0 Å². The van der Waals surface area contributed by atoms with Crippen LogP contribution in [0.3, 0.4) is 0 Å². The number of piperidine rings is 1. The zero-order valence-electron chi connectivity index (χ0n) is 15.5. The van der Waals surface area contributed by atoms with Crippen molar-refractivity contribution in [3.8, 4) is 0 Å². The maximum Gasteiger partial charge on any atom is 0.416 e. The standard InChI is InChI=1S/C20H22F3N3O2/c1-12-17(18(27)28)24-19(26-14-6-4-7-15(26)10-9-14)25(12)11-13-5-2-3-8-16(13)20(21,22)23/h2-3,5,8,14-15H,4,6-7,9-11H2,1H3,(H,27,28). The molecule has 2 saturated heterocycles. The number of hydrogen-bond acceptors (Lipinski definition) is 3. The van der Waals surface area contributed by atoms with Gasteiger partial charge in [0.05, 0.1) is 17.8 Å². The van der Waals surface area contributed by atoms with Gasteiger partial charge in [0.15, 0.2) is 5.69 Å². The van der Waals surface area contributed by atoms with E-state index < -0.39 is 17.7 Å². The Morgan fingerprint density at radius 2 is 1.82 bits per heavy atom. The molecule has 28 heavy (non-hydrogen) atoms. The highest BCUT2D eigenvalue weighted by atomic mass is 19.4. The average Bonchev–Trinajstić information content (AvgIpc) is 3.07. The molecule has 2 fully saturated rings. The van der Waals surface area contributed by atoms with E-state index in [1.807, 2.05) is 0 Å². The van der Waals surface area contributed by atoms with Crippen molar-refractivity contribution in [3.63, 3.8) is 0 Å². The van der Waals surface area contributed by atoms with Crippen LogP contribution in [0.15, 0.2) is 24.3 Å². The molecule has 0 saturated carbocycles. The van der Waals surface area contributed by atoms with Crippen LogP contribution in [0.1, 0.15) is 59.4 Å². The molecule has 0 radical (unpaired) electrons. The number of rotatable bonds is 4. The number of imidazole rings is 1. The first-order chi connectivity index (χ1) is 13.3. The number of carbonyl (C=O) groups is 1. The number of carboxylic acids is 1. The minimum atomic E-state index is -4.47. The highest BCUT2D eigenvalue weighted by Gasteiger charge is 2.40. The molecule has 2 bridgehead atoms. The molecule has 2 atom stereocenters. The summed E-state index contributed by atoms with van der Waals surface area (Å²) in [4.78, 5) is 18.2. The van der Waals surface area contributed by atoms with E-state index in [4.69, 9.17) is 0 Å². The third-order valence-corrected chi connectivity index (χ3v) is 5.98. The van der Waals surface area contributed by atoms with E-state index in [0.29, 0.717) is 11.6 Å². The largest absolute Gasteiger partial charge is 0.476 e. The molecule has 0 spiro atoms. The van der Waals surface area contributed by atoms with E-state index >= 15 is 0 Å². The third-order valence-electron chi connectivity index (χ3n) is 5.98. The lowest BCUT2D eigenvalue weighted by Gasteiger charge is -2.36. The number of nitrogens with zero attached hydrogens (tertiary/aromatic N) is 3. The van der Waals surface area contributed by atoms with Crippen LogP contribution in [0, 0.1) is 6.92 Å². The van der Waals surface area contributed by atoms with E-state index in [9.17, 15) is 23.1 Å². The number of hydrogen-bond donors (Lipinski definition) is 1. The smallest absolute Gasteiger partial charge is 0.416 e. The lowest BCUT2D eigenvalue weighted by Crippen LogP contribution is -2.41. The molecule has 2 aliphatic rings. The maximum atomic E-state index is 13.4. The molecule has 2 aliphatic heterocycles. The number of anilines is 1. The van der Waals surface area contributed by atoms with Crippen LogP contribution in [0.2, 0.25) is 0 Å². The number of aromatic nitrogens is 2. The van der Waals surface area contributed by atoms with Gasteiger partial charge in [-0.3, -0.25) is 0 Å². The summed E-state index contributed by atoms with van der Waals surface area (Å²) < 4.78 is 42.0. The number of aromatic carboxylic acids is 1. The second-order valence-corrected chi connectivity index (χ2v) is 7.62. The highest BCUT2D eigenvalue weighted by molar-refractivity contribution is 5.87. The second kappa shape index (κ2) is 6.83. The summed E-state index contributed by atoms with van der Waals surface area (Å²) in [6, 6.07) is 5.99. The summed E-state index contributed by atoms with van der Waals surface area (Å²) in [6.45, 7) is 1.55. The first kappa shape index (κ1) is 18.8. The van der Waals surface area contributed by atoms with E-state index in [0.717, 1.165) is 38.2 Å². The molecule has 5 nitrogen and oxygen atoms in total. The van der Waals surface area contributed by atoms with Crippen molar-refractivity contribution in [2.45, 2.75) is 63.8 Å². The van der Waals surface area contributed by atoms with Gasteiger partial charge in [-0.15, -0.1) is 0 Å². The molecule has 1 N–H and O–H groups in total. The third kappa shape index (κ3) is 3.14. The molecule has 150 valence electrons.